The number of rotatable bonds is 4. The molecule has 1 atom stereocenters. The maximum atomic E-state index is 10.6. The van der Waals surface area contributed by atoms with Crippen molar-refractivity contribution in [2.24, 2.45) is 0 Å². The monoisotopic (exact) mass is 250 g/mol. The second-order valence-corrected chi connectivity index (χ2v) is 5.50. The number of aromatic nitrogens is 2. The van der Waals surface area contributed by atoms with Crippen molar-refractivity contribution in [1.82, 2.24) is 9.78 Å². The van der Waals surface area contributed by atoms with E-state index in [1.165, 1.54) is 0 Å². The van der Waals surface area contributed by atoms with Gasteiger partial charge in [0, 0.05) is 24.0 Å². The summed E-state index contributed by atoms with van der Waals surface area (Å²) in [6.07, 6.45) is 4.44. The van der Waals surface area contributed by atoms with Gasteiger partial charge >= 0.3 is 0 Å². The van der Waals surface area contributed by atoms with Gasteiger partial charge in [0.1, 0.15) is 5.60 Å². The van der Waals surface area contributed by atoms with Gasteiger partial charge in [-0.15, -0.1) is 11.3 Å². The van der Waals surface area contributed by atoms with Gasteiger partial charge in [-0.1, -0.05) is 0 Å². The summed E-state index contributed by atoms with van der Waals surface area (Å²) >= 11 is 1.61. The summed E-state index contributed by atoms with van der Waals surface area (Å²) in [5.74, 6) is 0. The fourth-order valence-electron chi connectivity index (χ4n) is 2.07. The minimum Gasteiger partial charge on any atom is -0.384 e. The normalized spacial score (nSPS) is 14.8. The second kappa shape index (κ2) is 4.63. The van der Waals surface area contributed by atoms with Crippen LogP contribution < -0.4 is 0 Å². The molecule has 0 fully saturated rings. The molecule has 0 aliphatic rings. The van der Waals surface area contributed by atoms with Crippen LogP contribution in [0.4, 0.5) is 0 Å². The number of nitrogens with zero attached hydrogens (tertiary/aromatic N) is 2. The molecule has 1 unspecified atom stereocenters. The van der Waals surface area contributed by atoms with Crippen molar-refractivity contribution < 1.29 is 5.11 Å². The minimum absolute atomic E-state index is 0.606. The zero-order valence-corrected chi connectivity index (χ0v) is 11.3. The first-order valence-electron chi connectivity index (χ1n) is 5.81. The zero-order chi connectivity index (χ0) is 12.5. The lowest BCUT2D eigenvalue weighted by Crippen LogP contribution is -2.23. The molecule has 0 aliphatic heterocycles. The van der Waals surface area contributed by atoms with Gasteiger partial charge in [0.15, 0.2) is 0 Å². The molecule has 2 aromatic heterocycles. The molecule has 1 N–H and O–H groups in total. The Morgan fingerprint density at radius 1 is 1.53 bits per heavy atom. The molecule has 2 aromatic rings. The highest BCUT2D eigenvalue weighted by molar-refractivity contribution is 7.10. The highest BCUT2D eigenvalue weighted by atomic mass is 32.1. The number of aryl methyl sites for hydroxylation is 2. The molecule has 0 radical (unpaired) electrons. The van der Waals surface area contributed by atoms with Crippen LogP contribution in [0.5, 0.6) is 0 Å². The quantitative estimate of drug-likeness (QED) is 0.906. The fourth-order valence-corrected chi connectivity index (χ4v) is 3.06. The summed E-state index contributed by atoms with van der Waals surface area (Å²) in [7, 11) is 0. The number of thiophene rings is 1. The van der Waals surface area contributed by atoms with Crippen molar-refractivity contribution in [3.8, 4) is 0 Å². The van der Waals surface area contributed by atoms with Gasteiger partial charge in [0.25, 0.3) is 0 Å². The minimum atomic E-state index is -0.806. The Morgan fingerprint density at radius 2 is 2.29 bits per heavy atom. The predicted molar refractivity (Wildman–Crippen MR) is 70.2 cm³/mol. The Morgan fingerprint density at radius 3 is 2.82 bits per heavy atom. The van der Waals surface area contributed by atoms with Crippen molar-refractivity contribution in [2.75, 3.05) is 0 Å². The van der Waals surface area contributed by atoms with Crippen LogP contribution in [0.15, 0.2) is 23.8 Å². The van der Waals surface area contributed by atoms with Crippen LogP contribution in [0.2, 0.25) is 0 Å². The third-order valence-corrected chi connectivity index (χ3v) is 4.18. The van der Waals surface area contributed by atoms with E-state index in [2.05, 4.69) is 12.0 Å². The lowest BCUT2D eigenvalue weighted by Gasteiger charge is -2.22. The molecule has 0 amide bonds. The van der Waals surface area contributed by atoms with Gasteiger partial charge in [0.05, 0.1) is 6.20 Å². The molecule has 3 nitrogen and oxygen atoms in total. The molecular weight excluding hydrogens is 232 g/mol. The average molecular weight is 250 g/mol. The van der Waals surface area contributed by atoms with Crippen LogP contribution in [0, 0.1) is 6.92 Å². The SMILES string of the molecule is CCn1cc(CC(C)(O)c2sccc2C)cn1. The summed E-state index contributed by atoms with van der Waals surface area (Å²) in [5, 5.41) is 16.8. The highest BCUT2D eigenvalue weighted by Gasteiger charge is 2.27. The molecule has 0 aromatic carbocycles. The van der Waals surface area contributed by atoms with Crippen LogP contribution in [-0.2, 0) is 18.6 Å². The largest absolute Gasteiger partial charge is 0.384 e. The van der Waals surface area contributed by atoms with Crippen molar-refractivity contribution >= 4 is 11.3 Å². The first kappa shape index (κ1) is 12.3. The topological polar surface area (TPSA) is 38.0 Å². The van der Waals surface area contributed by atoms with E-state index in [0.29, 0.717) is 6.42 Å². The summed E-state index contributed by atoms with van der Waals surface area (Å²) in [5.41, 5.74) is 1.42. The number of hydrogen-bond acceptors (Lipinski definition) is 3. The Labute approximate surface area is 106 Å². The van der Waals surface area contributed by atoms with Gasteiger partial charge in [-0.25, -0.2) is 0 Å². The first-order valence-corrected chi connectivity index (χ1v) is 6.69. The highest BCUT2D eigenvalue weighted by Crippen LogP contribution is 2.31. The summed E-state index contributed by atoms with van der Waals surface area (Å²) in [6, 6.07) is 2.05. The molecule has 0 aliphatic carbocycles. The third-order valence-electron chi connectivity index (χ3n) is 2.91. The van der Waals surface area contributed by atoms with E-state index in [0.717, 1.165) is 22.5 Å². The van der Waals surface area contributed by atoms with Crippen LogP contribution in [0.3, 0.4) is 0 Å². The lowest BCUT2D eigenvalue weighted by atomic mass is 9.95. The summed E-state index contributed by atoms with van der Waals surface area (Å²) in [6.45, 7) is 6.82. The van der Waals surface area contributed by atoms with Crippen LogP contribution in [0.25, 0.3) is 0 Å². The summed E-state index contributed by atoms with van der Waals surface area (Å²) < 4.78 is 1.88. The smallest absolute Gasteiger partial charge is 0.100 e. The molecule has 17 heavy (non-hydrogen) atoms. The predicted octanol–water partition coefficient (Wildman–Crippen LogP) is 2.72. The van der Waals surface area contributed by atoms with E-state index < -0.39 is 5.60 Å². The maximum Gasteiger partial charge on any atom is 0.100 e. The summed E-state index contributed by atoms with van der Waals surface area (Å²) in [4.78, 5) is 1.04. The van der Waals surface area contributed by atoms with Gasteiger partial charge in [0.2, 0.25) is 0 Å². The van der Waals surface area contributed by atoms with E-state index in [-0.39, 0.29) is 0 Å². The fraction of sp³-hybridized carbons (Fsp3) is 0.462. The van der Waals surface area contributed by atoms with Crippen molar-refractivity contribution in [2.45, 2.75) is 39.3 Å². The molecular formula is C13H18N2OS. The molecule has 0 saturated heterocycles. The second-order valence-electron chi connectivity index (χ2n) is 4.59. The average Bonchev–Trinajstić information content (AvgIpc) is 2.86. The molecule has 0 bridgehead atoms. The zero-order valence-electron chi connectivity index (χ0n) is 10.5. The Balaban J connectivity index is 2.20. The van der Waals surface area contributed by atoms with Crippen molar-refractivity contribution in [1.29, 1.82) is 0 Å². The molecule has 92 valence electrons. The van der Waals surface area contributed by atoms with Gasteiger partial charge in [-0.05, 0) is 43.3 Å². The van der Waals surface area contributed by atoms with Crippen LogP contribution in [0.1, 0.15) is 29.9 Å². The van der Waals surface area contributed by atoms with Crippen molar-refractivity contribution in [3.05, 3.63) is 39.8 Å². The molecule has 2 heterocycles. The van der Waals surface area contributed by atoms with Gasteiger partial charge in [-0.3, -0.25) is 4.68 Å². The molecule has 0 saturated carbocycles. The Kier molecular flexibility index (Phi) is 3.35. The first-order chi connectivity index (χ1) is 8.03. The lowest BCUT2D eigenvalue weighted by molar-refractivity contribution is 0.0609. The van der Waals surface area contributed by atoms with Gasteiger partial charge in [-0.2, -0.15) is 5.10 Å². The van der Waals surface area contributed by atoms with E-state index in [4.69, 9.17) is 0 Å². The third kappa shape index (κ3) is 2.58. The number of aliphatic hydroxyl groups is 1. The molecule has 2 rings (SSSR count). The van der Waals surface area contributed by atoms with Crippen LogP contribution in [-0.4, -0.2) is 14.9 Å². The van der Waals surface area contributed by atoms with Crippen LogP contribution >= 0.6 is 11.3 Å². The van der Waals surface area contributed by atoms with E-state index in [1.54, 1.807) is 11.3 Å². The Hall–Kier alpha value is -1.13. The van der Waals surface area contributed by atoms with Gasteiger partial charge < -0.3 is 5.11 Å². The van der Waals surface area contributed by atoms with E-state index >= 15 is 0 Å². The Bertz CT molecular complexity index is 499. The van der Waals surface area contributed by atoms with E-state index in [9.17, 15) is 5.11 Å². The standard InChI is InChI=1S/C13H18N2OS/c1-4-15-9-11(8-14-15)7-13(3,16)12-10(2)5-6-17-12/h5-6,8-9,16H,4,7H2,1-3H3. The molecule has 0 spiro atoms. The molecule has 4 heteroatoms. The number of hydrogen-bond donors (Lipinski definition) is 1. The van der Waals surface area contributed by atoms with E-state index in [1.807, 2.05) is 42.4 Å². The van der Waals surface area contributed by atoms with Crippen molar-refractivity contribution in [3.63, 3.8) is 0 Å². The maximum absolute atomic E-state index is 10.6.